The number of aliphatic hydroxyl groups is 1. The van der Waals surface area contributed by atoms with Crippen LogP contribution in [0, 0.1) is 12.8 Å². The Bertz CT molecular complexity index is 1300. The summed E-state index contributed by atoms with van der Waals surface area (Å²) in [6, 6.07) is 9.13. The van der Waals surface area contributed by atoms with E-state index in [-0.39, 0.29) is 30.0 Å². The molecule has 1 aromatic carbocycles. The number of pyridine rings is 2. The second-order valence-electron chi connectivity index (χ2n) is 9.74. The fourth-order valence-electron chi connectivity index (χ4n) is 5.18. The quantitative estimate of drug-likeness (QED) is 0.223. The molecule has 8 nitrogen and oxygen atoms in total. The summed E-state index contributed by atoms with van der Waals surface area (Å²) in [5.74, 6) is 0.508. The number of fused-ring (bicyclic) bond motifs is 1. The first-order valence-electron chi connectivity index (χ1n) is 12.6. The second-order valence-corrected chi connectivity index (χ2v) is 13.0. The first-order chi connectivity index (χ1) is 17.5. The van der Waals surface area contributed by atoms with Crippen LogP contribution in [0.4, 0.5) is 11.5 Å². The Balaban J connectivity index is 1.42. The molecule has 3 heterocycles. The zero-order chi connectivity index (χ0) is 25.1. The first kappa shape index (κ1) is 25.2. The molecule has 2 unspecified atom stereocenters. The molecule has 4 N–H and O–H groups in total. The van der Waals surface area contributed by atoms with Gasteiger partial charge in [0.25, 0.3) is 0 Å². The van der Waals surface area contributed by atoms with Crippen molar-refractivity contribution in [1.82, 2.24) is 14.9 Å². The number of rotatable bonds is 7. The molecule has 0 radical (unpaired) electrons. The number of hydrogen-bond donors (Lipinski definition) is 4. The van der Waals surface area contributed by atoms with Crippen LogP contribution in [0.15, 0.2) is 41.3 Å². The van der Waals surface area contributed by atoms with Gasteiger partial charge in [0.15, 0.2) is 0 Å². The fourth-order valence-corrected chi connectivity index (χ4v) is 7.77. The van der Waals surface area contributed by atoms with Crippen molar-refractivity contribution in [2.24, 2.45) is 5.92 Å². The maximum absolute atomic E-state index is 13.6. The molecule has 5 rings (SSSR count). The molecule has 2 aliphatic rings. The van der Waals surface area contributed by atoms with Gasteiger partial charge in [0.1, 0.15) is 0 Å². The van der Waals surface area contributed by atoms with Gasteiger partial charge < -0.3 is 10.1 Å². The fraction of sp³-hybridized carbons (Fsp3) is 0.444. The normalized spacial score (nSPS) is 20.7. The number of carbonyl (C=O) groups excluding carboxylic acids is 1. The number of nitrogens with zero attached hydrogens (tertiary/aromatic N) is 2. The van der Waals surface area contributed by atoms with Gasteiger partial charge in [-0.2, -0.15) is 0 Å². The van der Waals surface area contributed by atoms with Crippen LogP contribution in [0.3, 0.4) is 0 Å². The van der Waals surface area contributed by atoms with Gasteiger partial charge in [-0.15, -0.1) is 0 Å². The van der Waals surface area contributed by atoms with Crippen molar-refractivity contribution in [3.8, 4) is 0 Å². The zero-order valence-corrected chi connectivity index (χ0v) is 22.7. The summed E-state index contributed by atoms with van der Waals surface area (Å²) in [4.78, 5) is 35.3. The van der Waals surface area contributed by atoms with Gasteiger partial charge in [0, 0.05) is 11.6 Å². The van der Waals surface area contributed by atoms with E-state index < -0.39 is 0 Å². The van der Waals surface area contributed by atoms with Crippen molar-refractivity contribution in [3.63, 3.8) is 0 Å². The van der Waals surface area contributed by atoms with Gasteiger partial charge in [-0.05, 0) is 12.5 Å². The standard InChI is InChI=1S/C27H33IN5O3/c1-17-11-25(35)31-24-6-5-20(13-21(17)24)30-27(36)22-12-18(15-33-9-7-28-8-10-33)14-29-26(22)32-23-4-2-3-19(23)16-34/h5-6,11-14,19,23,34H,2-4,7-10,15-16H2,1H3,(H,29,32)(H,30,36)(H,31,35)/q-1. The van der Waals surface area contributed by atoms with E-state index in [4.69, 9.17) is 4.98 Å². The van der Waals surface area contributed by atoms with E-state index in [2.05, 4.69) is 20.5 Å². The van der Waals surface area contributed by atoms with Crippen molar-refractivity contribution in [1.29, 1.82) is 0 Å². The Morgan fingerprint density at radius 2 is 2.06 bits per heavy atom. The van der Waals surface area contributed by atoms with Gasteiger partial charge in [0.2, 0.25) is 5.56 Å². The molecule has 1 aliphatic heterocycles. The van der Waals surface area contributed by atoms with E-state index >= 15 is 0 Å². The predicted octanol–water partition coefficient (Wildman–Crippen LogP) is -0.0387. The molecule has 9 heteroatoms. The molecule has 0 bridgehead atoms. The Kier molecular flexibility index (Phi) is 7.87. The minimum atomic E-state index is -0.226. The number of amides is 1. The number of nitrogens with one attached hydrogen (secondary N) is 3. The second kappa shape index (κ2) is 11.3. The van der Waals surface area contributed by atoms with Gasteiger partial charge in [-0.1, -0.05) is 0 Å². The summed E-state index contributed by atoms with van der Waals surface area (Å²) < 4.78 is 2.63. The topological polar surface area (TPSA) is 110 Å². The Hall–Kier alpha value is -2.50. The zero-order valence-electron chi connectivity index (χ0n) is 20.5. The van der Waals surface area contributed by atoms with Crippen LogP contribution in [-0.2, 0) is 6.54 Å². The van der Waals surface area contributed by atoms with E-state index in [1.165, 1.54) is 8.86 Å². The van der Waals surface area contributed by atoms with Crippen LogP contribution >= 0.6 is 0 Å². The van der Waals surface area contributed by atoms with Crippen molar-refractivity contribution in [3.05, 3.63) is 63.6 Å². The van der Waals surface area contributed by atoms with E-state index in [1.54, 1.807) is 12.1 Å². The van der Waals surface area contributed by atoms with Crippen LogP contribution in [0.1, 0.15) is 40.7 Å². The molecule has 2 atom stereocenters. The number of halogens is 1. The van der Waals surface area contributed by atoms with Gasteiger partial charge in [-0.25, -0.2) is 0 Å². The molecule has 1 amide bonds. The number of aromatic amines is 1. The number of aliphatic hydroxyl groups excluding tert-OH is 1. The summed E-state index contributed by atoms with van der Waals surface area (Å²) in [6.45, 7) is 5.05. The summed E-state index contributed by atoms with van der Waals surface area (Å²) >= 11 is 0.356. The number of alkyl halides is 2. The summed E-state index contributed by atoms with van der Waals surface area (Å²) in [7, 11) is 0. The average molecular weight is 602 g/mol. The number of aromatic nitrogens is 2. The minimum absolute atomic E-state index is 0.103. The van der Waals surface area contributed by atoms with Crippen LogP contribution < -0.4 is 37.4 Å². The summed E-state index contributed by atoms with van der Waals surface area (Å²) in [5.41, 5.74) is 3.66. The molecule has 2 aromatic heterocycles. The Morgan fingerprint density at radius 1 is 1.22 bits per heavy atom. The summed E-state index contributed by atoms with van der Waals surface area (Å²) in [6.07, 6.45) is 4.86. The van der Waals surface area contributed by atoms with Crippen LogP contribution in [0.25, 0.3) is 10.9 Å². The van der Waals surface area contributed by atoms with E-state index in [9.17, 15) is 14.7 Å². The monoisotopic (exact) mass is 602 g/mol. The first-order valence-corrected chi connectivity index (χ1v) is 15.6. The Labute approximate surface area is 221 Å². The number of anilines is 2. The average Bonchev–Trinajstić information content (AvgIpc) is 3.33. The number of benzene rings is 1. The van der Waals surface area contributed by atoms with Crippen molar-refractivity contribution < 1.29 is 31.1 Å². The van der Waals surface area contributed by atoms with E-state index in [0.717, 1.165) is 60.9 Å². The molecular formula is C27H33IN5O3-. The van der Waals surface area contributed by atoms with Crippen molar-refractivity contribution >= 4 is 28.3 Å². The third-order valence-electron chi connectivity index (χ3n) is 7.19. The molecular weight excluding hydrogens is 569 g/mol. The molecule has 0 spiro atoms. The number of carbonyl (C=O) groups is 1. The van der Waals surface area contributed by atoms with Crippen molar-refractivity contribution in [2.75, 3.05) is 39.2 Å². The summed E-state index contributed by atoms with van der Waals surface area (Å²) in [5, 5.41) is 17.2. The van der Waals surface area contributed by atoms with Crippen LogP contribution in [-0.4, -0.2) is 60.5 Å². The SMILES string of the molecule is Cc1cc(=O)[nH]c2ccc(NC(=O)c3cc(CN4CC[I-]CC4)cnc3NC3CCCC3CO)cc12. The van der Waals surface area contributed by atoms with Crippen LogP contribution in [0.2, 0.25) is 0 Å². The number of H-pyrrole nitrogens is 1. The van der Waals surface area contributed by atoms with Gasteiger partial charge in [-0.3, -0.25) is 4.79 Å². The molecule has 2 fully saturated rings. The molecule has 36 heavy (non-hydrogen) atoms. The maximum atomic E-state index is 13.6. The third-order valence-corrected chi connectivity index (χ3v) is 9.68. The van der Waals surface area contributed by atoms with E-state index in [0.29, 0.717) is 38.3 Å². The third kappa shape index (κ3) is 5.73. The van der Waals surface area contributed by atoms with E-state index in [1.807, 2.05) is 31.3 Å². The van der Waals surface area contributed by atoms with Gasteiger partial charge >= 0.3 is 177 Å². The van der Waals surface area contributed by atoms with Crippen LogP contribution in [0.5, 0.6) is 0 Å². The Morgan fingerprint density at radius 3 is 2.86 bits per heavy atom. The van der Waals surface area contributed by atoms with Gasteiger partial charge in [0.05, 0.1) is 0 Å². The molecule has 1 saturated heterocycles. The molecule has 1 aliphatic carbocycles. The molecule has 3 aromatic rings. The predicted molar refractivity (Wildman–Crippen MR) is 138 cm³/mol. The van der Waals surface area contributed by atoms with Crippen molar-refractivity contribution in [2.45, 2.75) is 38.8 Å². The molecule has 192 valence electrons. The number of aryl methyl sites for hydroxylation is 1. The number of hydrogen-bond acceptors (Lipinski definition) is 6. The molecule has 1 saturated carbocycles.